The third kappa shape index (κ3) is 4.24. The topological polar surface area (TPSA) is 42.0 Å². The van der Waals surface area contributed by atoms with Crippen molar-refractivity contribution in [3.63, 3.8) is 0 Å². The van der Waals surface area contributed by atoms with Crippen LogP contribution in [-0.2, 0) is 11.2 Å². The first-order chi connectivity index (χ1) is 11.1. The van der Waals surface area contributed by atoms with Crippen LogP contribution in [0.15, 0.2) is 58.4 Å². The van der Waals surface area contributed by atoms with Gasteiger partial charge in [-0.2, -0.15) is 0 Å². The Morgan fingerprint density at radius 3 is 2.83 bits per heavy atom. The van der Waals surface area contributed by atoms with Gasteiger partial charge in [-0.05, 0) is 30.3 Å². The number of nitrogens with zero attached hydrogens (tertiary/aromatic N) is 1. The van der Waals surface area contributed by atoms with Crippen LogP contribution >= 0.6 is 27.3 Å². The van der Waals surface area contributed by atoms with Crippen LogP contribution in [0.25, 0.3) is 10.6 Å². The summed E-state index contributed by atoms with van der Waals surface area (Å²) in [5.41, 5.74) is 2.14. The molecular formula is C17H12BrFN2OS. The quantitative estimate of drug-likeness (QED) is 0.688. The average Bonchev–Trinajstić information content (AvgIpc) is 2.95. The summed E-state index contributed by atoms with van der Waals surface area (Å²) in [6.45, 7) is 0. The summed E-state index contributed by atoms with van der Waals surface area (Å²) in [4.78, 5) is 16.5. The fraction of sp³-hybridized carbons (Fsp3) is 0.0588. The summed E-state index contributed by atoms with van der Waals surface area (Å²) in [6.07, 6.45) is 0.154. The van der Waals surface area contributed by atoms with Gasteiger partial charge in [0.15, 0.2) is 0 Å². The molecule has 1 aromatic heterocycles. The maximum atomic E-state index is 13.1. The van der Waals surface area contributed by atoms with Gasteiger partial charge in [-0.3, -0.25) is 4.79 Å². The fourth-order valence-electron chi connectivity index (χ4n) is 2.08. The van der Waals surface area contributed by atoms with E-state index >= 15 is 0 Å². The van der Waals surface area contributed by atoms with E-state index in [0.717, 1.165) is 15.0 Å². The number of amides is 1. The molecule has 0 aliphatic rings. The number of aromatic nitrogens is 1. The second-order valence-electron chi connectivity index (χ2n) is 4.89. The SMILES string of the molecule is O=C(Cc1csc(-c2cccc(Br)c2)n1)Nc1cccc(F)c1. The smallest absolute Gasteiger partial charge is 0.230 e. The third-order valence-electron chi connectivity index (χ3n) is 3.07. The van der Waals surface area contributed by atoms with Gasteiger partial charge in [-0.25, -0.2) is 9.37 Å². The highest BCUT2D eigenvalue weighted by Gasteiger charge is 2.10. The Balaban J connectivity index is 1.68. The molecule has 3 aromatic rings. The minimum atomic E-state index is -0.381. The molecule has 0 unspecified atom stereocenters. The van der Waals surface area contributed by atoms with Gasteiger partial charge in [-0.1, -0.05) is 34.1 Å². The molecule has 0 saturated carbocycles. The molecule has 0 aliphatic carbocycles. The van der Waals surface area contributed by atoms with E-state index < -0.39 is 0 Å². The van der Waals surface area contributed by atoms with Gasteiger partial charge in [-0.15, -0.1) is 11.3 Å². The summed E-state index contributed by atoms with van der Waals surface area (Å²) in [7, 11) is 0. The lowest BCUT2D eigenvalue weighted by Crippen LogP contribution is -2.14. The van der Waals surface area contributed by atoms with Crippen molar-refractivity contribution >= 4 is 38.9 Å². The predicted molar refractivity (Wildman–Crippen MR) is 94.0 cm³/mol. The lowest BCUT2D eigenvalue weighted by molar-refractivity contribution is -0.115. The van der Waals surface area contributed by atoms with Gasteiger partial charge in [0.2, 0.25) is 5.91 Å². The highest BCUT2D eigenvalue weighted by molar-refractivity contribution is 9.10. The van der Waals surface area contributed by atoms with Crippen LogP contribution in [0.4, 0.5) is 10.1 Å². The van der Waals surface area contributed by atoms with Crippen molar-refractivity contribution in [2.45, 2.75) is 6.42 Å². The molecule has 2 aromatic carbocycles. The zero-order valence-electron chi connectivity index (χ0n) is 11.9. The Bertz CT molecular complexity index is 850. The van der Waals surface area contributed by atoms with Gasteiger partial charge < -0.3 is 5.32 Å². The van der Waals surface area contributed by atoms with Crippen LogP contribution in [0.3, 0.4) is 0 Å². The second kappa shape index (κ2) is 7.02. The van der Waals surface area contributed by atoms with Crippen LogP contribution in [0, 0.1) is 5.82 Å². The number of hydrogen-bond acceptors (Lipinski definition) is 3. The minimum absolute atomic E-state index is 0.154. The van der Waals surface area contributed by atoms with Crippen LogP contribution in [0.1, 0.15) is 5.69 Å². The van der Waals surface area contributed by atoms with Crippen molar-refractivity contribution in [1.82, 2.24) is 4.98 Å². The molecule has 0 radical (unpaired) electrons. The molecule has 6 heteroatoms. The molecule has 1 amide bonds. The van der Waals surface area contributed by atoms with E-state index in [-0.39, 0.29) is 18.1 Å². The van der Waals surface area contributed by atoms with Crippen molar-refractivity contribution in [2.75, 3.05) is 5.32 Å². The first-order valence-corrected chi connectivity index (χ1v) is 8.53. The monoisotopic (exact) mass is 390 g/mol. The van der Waals surface area contributed by atoms with Crippen LogP contribution < -0.4 is 5.32 Å². The van der Waals surface area contributed by atoms with Gasteiger partial charge in [0.05, 0.1) is 12.1 Å². The largest absolute Gasteiger partial charge is 0.326 e. The number of carbonyl (C=O) groups is 1. The Kier molecular flexibility index (Phi) is 4.83. The number of hydrogen-bond donors (Lipinski definition) is 1. The lowest BCUT2D eigenvalue weighted by atomic mass is 10.2. The van der Waals surface area contributed by atoms with Crippen LogP contribution in [0.2, 0.25) is 0 Å². The number of thiazole rings is 1. The molecule has 0 atom stereocenters. The Morgan fingerprint density at radius 1 is 1.22 bits per heavy atom. The third-order valence-corrected chi connectivity index (χ3v) is 4.51. The van der Waals surface area contributed by atoms with Crippen molar-refractivity contribution in [3.05, 3.63) is 69.9 Å². The van der Waals surface area contributed by atoms with E-state index in [1.54, 1.807) is 12.1 Å². The molecule has 116 valence electrons. The molecule has 1 N–H and O–H groups in total. The Labute approximate surface area is 145 Å². The maximum absolute atomic E-state index is 13.1. The standard InChI is InChI=1S/C17H12BrFN2OS/c18-12-4-1-3-11(7-12)17-21-15(10-23-17)9-16(22)20-14-6-2-5-13(19)8-14/h1-8,10H,9H2,(H,20,22). The normalized spacial score (nSPS) is 10.5. The highest BCUT2D eigenvalue weighted by Crippen LogP contribution is 2.26. The number of halogens is 2. The van der Waals surface area contributed by atoms with Crippen molar-refractivity contribution in [3.8, 4) is 10.6 Å². The van der Waals surface area contributed by atoms with Crippen molar-refractivity contribution in [1.29, 1.82) is 0 Å². The summed E-state index contributed by atoms with van der Waals surface area (Å²) < 4.78 is 14.1. The number of anilines is 1. The number of rotatable bonds is 4. The number of carbonyl (C=O) groups excluding carboxylic acids is 1. The molecule has 1 heterocycles. The highest BCUT2D eigenvalue weighted by atomic mass is 79.9. The molecule has 0 bridgehead atoms. The van der Waals surface area contributed by atoms with E-state index in [0.29, 0.717) is 11.4 Å². The van der Waals surface area contributed by atoms with E-state index in [1.807, 2.05) is 29.6 Å². The molecule has 3 rings (SSSR count). The zero-order valence-corrected chi connectivity index (χ0v) is 14.3. The molecule has 0 fully saturated rings. The Hall–Kier alpha value is -2.05. The summed E-state index contributed by atoms with van der Waals surface area (Å²) in [6, 6.07) is 13.7. The summed E-state index contributed by atoms with van der Waals surface area (Å²) in [5, 5.41) is 5.39. The lowest BCUT2D eigenvalue weighted by Gasteiger charge is -2.03. The van der Waals surface area contributed by atoms with Crippen LogP contribution in [0.5, 0.6) is 0 Å². The van der Waals surface area contributed by atoms with Gasteiger partial charge in [0.25, 0.3) is 0 Å². The van der Waals surface area contributed by atoms with Gasteiger partial charge in [0.1, 0.15) is 10.8 Å². The Morgan fingerprint density at radius 2 is 2.04 bits per heavy atom. The first-order valence-electron chi connectivity index (χ1n) is 6.86. The van der Waals surface area contributed by atoms with E-state index in [4.69, 9.17) is 0 Å². The maximum Gasteiger partial charge on any atom is 0.230 e. The zero-order chi connectivity index (χ0) is 16.2. The van der Waals surface area contributed by atoms with Crippen molar-refractivity contribution in [2.24, 2.45) is 0 Å². The molecule has 23 heavy (non-hydrogen) atoms. The van der Waals surface area contributed by atoms with Gasteiger partial charge >= 0.3 is 0 Å². The van der Waals surface area contributed by atoms with E-state index in [9.17, 15) is 9.18 Å². The van der Waals surface area contributed by atoms with E-state index in [2.05, 4.69) is 26.2 Å². The average molecular weight is 391 g/mol. The van der Waals surface area contributed by atoms with Crippen molar-refractivity contribution < 1.29 is 9.18 Å². The van der Waals surface area contributed by atoms with E-state index in [1.165, 1.54) is 23.5 Å². The first kappa shape index (κ1) is 15.8. The molecule has 0 aliphatic heterocycles. The van der Waals surface area contributed by atoms with Gasteiger partial charge in [0, 0.05) is 21.1 Å². The predicted octanol–water partition coefficient (Wildman–Crippen LogP) is 4.89. The molecule has 0 saturated heterocycles. The fourth-order valence-corrected chi connectivity index (χ4v) is 3.29. The molecule has 3 nitrogen and oxygen atoms in total. The minimum Gasteiger partial charge on any atom is -0.326 e. The summed E-state index contributed by atoms with van der Waals surface area (Å²) in [5.74, 6) is -0.602. The second-order valence-corrected chi connectivity index (χ2v) is 6.66. The molecular weight excluding hydrogens is 379 g/mol. The number of benzene rings is 2. The van der Waals surface area contributed by atoms with Crippen LogP contribution in [-0.4, -0.2) is 10.9 Å². The summed E-state index contributed by atoms with van der Waals surface area (Å²) >= 11 is 4.92. The number of nitrogens with one attached hydrogen (secondary N) is 1. The molecule has 0 spiro atoms.